The van der Waals surface area contributed by atoms with Crippen molar-refractivity contribution in [3.05, 3.63) is 105 Å². The van der Waals surface area contributed by atoms with Crippen molar-refractivity contribution in [2.45, 2.75) is 0 Å². The third-order valence-electron chi connectivity index (χ3n) is 5.01. The zero-order valence-electron chi connectivity index (χ0n) is 16.4. The van der Waals surface area contributed by atoms with E-state index in [9.17, 15) is 14.7 Å². The highest BCUT2D eigenvalue weighted by molar-refractivity contribution is 6.31. The second-order valence-corrected chi connectivity index (χ2v) is 7.75. The lowest BCUT2D eigenvalue weighted by atomic mass is 9.89. The Bertz CT molecular complexity index is 1310. The fourth-order valence-corrected chi connectivity index (χ4v) is 3.76. The highest BCUT2D eigenvalue weighted by Crippen LogP contribution is 2.37. The Morgan fingerprint density at radius 2 is 1.19 bits per heavy atom. The average molecular weight is 451 g/mol. The molecule has 4 nitrogen and oxygen atoms in total. The fraction of sp³-hybridized carbons (Fsp3) is 0.0400. The van der Waals surface area contributed by atoms with Crippen LogP contribution in [0, 0.1) is 0 Å². The number of rotatable bonds is 5. The van der Waals surface area contributed by atoms with E-state index in [4.69, 9.17) is 27.9 Å². The molecule has 31 heavy (non-hydrogen) atoms. The van der Waals surface area contributed by atoms with Crippen LogP contribution < -0.4 is 4.74 Å². The number of halogens is 2. The summed E-state index contributed by atoms with van der Waals surface area (Å²) in [4.78, 5) is 26.9. The van der Waals surface area contributed by atoms with E-state index in [2.05, 4.69) is 0 Å². The van der Waals surface area contributed by atoms with Gasteiger partial charge < -0.3 is 9.84 Å². The standard InChI is InChI=1S/C25H16Cl2O4/c1-31-20-13-7-14-6-12-19(28)22(24(29)15-2-8-17(26)9-3-15)21(14)23(20)25(30)16-4-10-18(27)11-5-16/h2-13,28H,1H3. The largest absolute Gasteiger partial charge is 0.507 e. The Hall–Kier alpha value is -3.34. The van der Waals surface area contributed by atoms with Gasteiger partial charge in [-0.15, -0.1) is 0 Å². The van der Waals surface area contributed by atoms with Crippen LogP contribution in [0.4, 0.5) is 0 Å². The van der Waals surface area contributed by atoms with Gasteiger partial charge in [-0.1, -0.05) is 35.3 Å². The number of fused-ring (bicyclic) bond motifs is 1. The summed E-state index contributed by atoms with van der Waals surface area (Å²) in [5.74, 6) is -0.720. The van der Waals surface area contributed by atoms with Crippen LogP contribution in [0.5, 0.6) is 11.5 Å². The van der Waals surface area contributed by atoms with Crippen LogP contribution in [0.1, 0.15) is 31.8 Å². The highest BCUT2D eigenvalue weighted by Gasteiger charge is 2.25. The Morgan fingerprint density at radius 3 is 1.71 bits per heavy atom. The molecule has 0 aromatic heterocycles. The van der Waals surface area contributed by atoms with E-state index < -0.39 is 5.78 Å². The van der Waals surface area contributed by atoms with Crippen molar-refractivity contribution in [2.24, 2.45) is 0 Å². The number of methoxy groups -OCH3 is 1. The van der Waals surface area contributed by atoms with Gasteiger partial charge in [-0.25, -0.2) is 0 Å². The Labute approximate surface area is 188 Å². The molecular formula is C25H16Cl2O4. The lowest BCUT2D eigenvalue weighted by molar-refractivity contribution is 0.103. The molecule has 0 atom stereocenters. The number of carbonyl (C=O) groups excluding carboxylic acids is 2. The molecule has 0 unspecified atom stereocenters. The number of aromatic hydroxyl groups is 1. The Balaban J connectivity index is 2.02. The van der Waals surface area contributed by atoms with Crippen LogP contribution >= 0.6 is 23.2 Å². The van der Waals surface area contributed by atoms with E-state index in [-0.39, 0.29) is 22.7 Å². The number of phenolic OH excluding ortho intramolecular Hbond substituents is 1. The minimum atomic E-state index is -0.432. The summed E-state index contributed by atoms with van der Waals surface area (Å²) >= 11 is 11.9. The van der Waals surface area contributed by atoms with Crippen molar-refractivity contribution in [1.29, 1.82) is 0 Å². The van der Waals surface area contributed by atoms with Gasteiger partial charge in [0, 0.05) is 26.6 Å². The number of hydrogen-bond donors (Lipinski definition) is 1. The van der Waals surface area contributed by atoms with Crippen molar-refractivity contribution in [3.8, 4) is 11.5 Å². The van der Waals surface area contributed by atoms with Crippen LogP contribution in [0.2, 0.25) is 10.0 Å². The number of phenols is 1. The summed E-state index contributed by atoms with van der Waals surface area (Å²) in [6, 6.07) is 19.3. The van der Waals surface area contributed by atoms with Gasteiger partial charge in [0.1, 0.15) is 11.5 Å². The maximum absolute atomic E-state index is 13.5. The van der Waals surface area contributed by atoms with E-state index in [1.807, 2.05) is 0 Å². The molecular weight excluding hydrogens is 435 g/mol. The molecule has 0 fully saturated rings. The monoisotopic (exact) mass is 450 g/mol. The summed E-state index contributed by atoms with van der Waals surface area (Å²) in [7, 11) is 1.45. The summed E-state index contributed by atoms with van der Waals surface area (Å²) in [6.45, 7) is 0. The molecule has 0 saturated heterocycles. The normalized spacial score (nSPS) is 10.8. The Morgan fingerprint density at radius 1 is 0.710 bits per heavy atom. The molecule has 154 valence electrons. The topological polar surface area (TPSA) is 63.6 Å². The highest BCUT2D eigenvalue weighted by atomic mass is 35.5. The number of benzene rings is 4. The van der Waals surface area contributed by atoms with Crippen LogP contribution in [0.25, 0.3) is 10.8 Å². The Kier molecular flexibility index (Phi) is 5.68. The first-order valence-electron chi connectivity index (χ1n) is 9.34. The third-order valence-corrected chi connectivity index (χ3v) is 5.52. The van der Waals surface area contributed by atoms with Gasteiger partial charge in [0.15, 0.2) is 11.6 Å². The molecule has 0 saturated carbocycles. The molecule has 0 aliphatic carbocycles. The third kappa shape index (κ3) is 3.88. The number of carbonyl (C=O) groups is 2. The molecule has 4 rings (SSSR count). The predicted octanol–water partition coefficient (Wildman–Crippen LogP) is 6.32. The average Bonchev–Trinajstić information content (AvgIpc) is 2.78. The number of ketones is 2. The van der Waals surface area contributed by atoms with Crippen molar-refractivity contribution in [1.82, 2.24) is 0 Å². The van der Waals surface area contributed by atoms with Crippen LogP contribution in [0.3, 0.4) is 0 Å². The van der Waals surface area contributed by atoms with Gasteiger partial charge in [-0.2, -0.15) is 0 Å². The summed E-state index contributed by atoms with van der Waals surface area (Å²) < 4.78 is 5.46. The van der Waals surface area contributed by atoms with Crippen LogP contribution in [-0.2, 0) is 0 Å². The SMILES string of the molecule is COc1ccc2ccc(O)c(C(=O)c3ccc(Cl)cc3)c2c1C(=O)c1ccc(Cl)cc1. The van der Waals surface area contributed by atoms with E-state index in [0.717, 1.165) is 0 Å². The minimum absolute atomic E-state index is 0.0241. The van der Waals surface area contributed by atoms with E-state index >= 15 is 0 Å². The molecule has 1 N–H and O–H groups in total. The predicted molar refractivity (Wildman–Crippen MR) is 122 cm³/mol. The van der Waals surface area contributed by atoms with E-state index in [1.165, 1.54) is 13.2 Å². The molecule has 0 spiro atoms. The lowest BCUT2D eigenvalue weighted by Gasteiger charge is -2.16. The first-order valence-corrected chi connectivity index (χ1v) is 10.1. The lowest BCUT2D eigenvalue weighted by Crippen LogP contribution is -2.09. The molecule has 0 aliphatic rings. The van der Waals surface area contributed by atoms with Gasteiger partial charge >= 0.3 is 0 Å². The minimum Gasteiger partial charge on any atom is -0.507 e. The van der Waals surface area contributed by atoms with Crippen molar-refractivity contribution >= 4 is 45.5 Å². The molecule has 0 radical (unpaired) electrons. The summed E-state index contributed by atoms with van der Waals surface area (Å²) in [5, 5.41) is 12.6. The second kappa shape index (κ2) is 8.42. The van der Waals surface area contributed by atoms with Crippen LogP contribution in [0.15, 0.2) is 72.8 Å². The van der Waals surface area contributed by atoms with Gasteiger partial charge in [0.05, 0.1) is 18.2 Å². The molecule has 4 aromatic rings. The van der Waals surface area contributed by atoms with E-state index in [0.29, 0.717) is 37.7 Å². The smallest absolute Gasteiger partial charge is 0.197 e. The van der Waals surface area contributed by atoms with Gasteiger partial charge in [-0.3, -0.25) is 9.59 Å². The first-order chi connectivity index (χ1) is 14.9. The molecule has 4 aromatic carbocycles. The van der Waals surface area contributed by atoms with Crippen LogP contribution in [-0.4, -0.2) is 23.8 Å². The van der Waals surface area contributed by atoms with E-state index in [1.54, 1.807) is 66.7 Å². The van der Waals surface area contributed by atoms with Crippen molar-refractivity contribution < 1.29 is 19.4 Å². The van der Waals surface area contributed by atoms with Gasteiger partial charge in [-0.05, 0) is 66.0 Å². The fourth-order valence-electron chi connectivity index (χ4n) is 3.50. The zero-order chi connectivity index (χ0) is 22.1. The quantitative estimate of drug-likeness (QED) is 0.361. The number of ether oxygens (including phenoxy) is 1. The molecule has 0 aliphatic heterocycles. The maximum atomic E-state index is 13.5. The first kappa shape index (κ1) is 20.9. The number of hydrogen-bond acceptors (Lipinski definition) is 4. The molecule has 0 heterocycles. The van der Waals surface area contributed by atoms with Crippen molar-refractivity contribution in [3.63, 3.8) is 0 Å². The summed E-state index contributed by atoms with van der Waals surface area (Å²) in [5.41, 5.74) is 0.926. The van der Waals surface area contributed by atoms with Gasteiger partial charge in [0.2, 0.25) is 0 Å². The zero-order valence-corrected chi connectivity index (χ0v) is 17.9. The van der Waals surface area contributed by atoms with Crippen molar-refractivity contribution in [2.75, 3.05) is 7.11 Å². The molecule has 0 bridgehead atoms. The molecule has 0 amide bonds. The molecule has 6 heteroatoms. The van der Waals surface area contributed by atoms with Gasteiger partial charge in [0.25, 0.3) is 0 Å². The maximum Gasteiger partial charge on any atom is 0.197 e. The summed E-state index contributed by atoms with van der Waals surface area (Å²) in [6.07, 6.45) is 0. The second-order valence-electron chi connectivity index (χ2n) is 6.87.